The van der Waals surface area contributed by atoms with Crippen LogP contribution in [0.3, 0.4) is 0 Å². The second-order valence-corrected chi connectivity index (χ2v) is 5.75. The minimum Gasteiger partial charge on any atom is -0.496 e. The molecule has 3 nitrogen and oxygen atoms in total. The Hall–Kier alpha value is -0.580. The van der Waals surface area contributed by atoms with Gasteiger partial charge >= 0.3 is 0 Å². The summed E-state index contributed by atoms with van der Waals surface area (Å²) in [6.07, 6.45) is 1.66. The van der Waals surface area contributed by atoms with E-state index in [1.807, 2.05) is 25.1 Å². The van der Waals surface area contributed by atoms with Crippen LogP contribution in [0.4, 0.5) is 0 Å². The van der Waals surface area contributed by atoms with Crippen molar-refractivity contribution in [2.45, 2.75) is 51.7 Å². The molecule has 0 saturated carbocycles. The molecule has 1 aromatic carbocycles. The van der Waals surface area contributed by atoms with Gasteiger partial charge in [-0.15, -0.1) is 0 Å². The highest BCUT2D eigenvalue weighted by molar-refractivity contribution is 9.10. The minimum absolute atomic E-state index is 0.457. The van der Waals surface area contributed by atoms with Crippen molar-refractivity contribution in [2.24, 2.45) is 0 Å². The molecule has 1 unspecified atom stereocenters. The molecule has 0 radical (unpaired) electrons. The summed E-state index contributed by atoms with van der Waals surface area (Å²) in [6.45, 7) is 6.71. The number of hydrogen-bond acceptors (Lipinski definition) is 3. The normalized spacial score (nSPS) is 13.3. The van der Waals surface area contributed by atoms with Gasteiger partial charge in [0.15, 0.2) is 0 Å². The van der Waals surface area contributed by atoms with Crippen molar-refractivity contribution in [1.82, 2.24) is 0 Å². The topological polar surface area (TPSA) is 38.7 Å². The third kappa shape index (κ3) is 3.96. The van der Waals surface area contributed by atoms with Gasteiger partial charge in [-0.25, -0.2) is 0 Å². The second kappa shape index (κ2) is 8.01. The Morgan fingerprint density at radius 2 is 1.90 bits per heavy atom. The molecular formula is C16H25BrO3. The van der Waals surface area contributed by atoms with Gasteiger partial charge in [0, 0.05) is 13.0 Å². The summed E-state index contributed by atoms with van der Waals surface area (Å²) < 4.78 is 12.0. The van der Waals surface area contributed by atoms with E-state index in [4.69, 9.17) is 9.47 Å². The summed E-state index contributed by atoms with van der Waals surface area (Å²) >= 11 is 3.47. The quantitative estimate of drug-likeness (QED) is 0.775. The van der Waals surface area contributed by atoms with Crippen LogP contribution in [0.15, 0.2) is 22.7 Å². The predicted molar refractivity (Wildman–Crippen MR) is 85.3 cm³/mol. The molecule has 1 N–H and O–H groups in total. The summed E-state index contributed by atoms with van der Waals surface area (Å²) in [5, 5.41) is 10.6. The monoisotopic (exact) mass is 344 g/mol. The molecule has 0 aromatic heterocycles. The fraction of sp³-hybridized carbons (Fsp3) is 0.625. The zero-order chi connectivity index (χ0) is 15.2. The molecule has 0 aliphatic heterocycles. The SMILES string of the molecule is CCOC(CC)(CC)C(O)Cc1ccc(OC)c(Br)c1. The molecule has 1 atom stereocenters. The lowest BCUT2D eigenvalue weighted by Gasteiger charge is -2.36. The van der Waals surface area contributed by atoms with Crippen molar-refractivity contribution in [1.29, 1.82) is 0 Å². The molecule has 0 spiro atoms. The molecule has 0 saturated heterocycles. The highest BCUT2D eigenvalue weighted by Crippen LogP contribution is 2.30. The highest BCUT2D eigenvalue weighted by atomic mass is 79.9. The van der Waals surface area contributed by atoms with Gasteiger partial charge < -0.3 is 14.6 Å². The van der Waals surface area contributed by atoms with Crippen LogP contribution in [-0.2, 0) is 11.2 Å². The average Bonchev–Trinajstić information content (AvgIpc) is 2.45. The van der Waals surface area contributed by atoms with Gasteiger partial charge in [0.05, 0.1) is 23.3 Å². The Kier molecular flexibility index (Phi) is 7.00. The zero-order valence-corrected chi connectivity index (χ0v) is 14.4. The first-order valence-electron chi connectivity index (χ1n) is 7.17. The number of ether oxygens (including phenoxy) is 2. The summed E-state index contributed by atoms with van der Waals surface area (Å²) in [6, 6.07) is 5.88. The van der Waals surface area contributed by atoms with Crippen LogP contribution in [-0.4, -0.2) is 30.5 Å². The summed E-state index contributed by atoms with van der Waals surface area (Å²) in [5.41, 5.74) is 0.609. The average molecular weight is 345 g/mol. The lowest BCUT2D eigenvalue weighted by atomic mass is 9.86. The van der Waals surface area contributed by atoms with Crippen LogP contribution in [0.5, 0.6) is 5.75 Å². The second-order valence-electron chi connectivity index (χ2n) is 4.89. The Morgan fingerprint density at radius 1 is 1.25 bits per heavy atom. The molecule has 0 aliphatic carbocycles. The van der Waals surface area contributed by atoms with Crippen LogP contribution < -0.4 is 4.74 Å². The minimum atomic E-state index is -0.516. The van der Waals surface area contributed by atoms with E-state index < -0.39 is 11.7 Å². The fourth-order valence-electron chi connectivity index (χ4n) is 2.56. The number of halogens is 1. The number of benzene rings is 1. The molecule has 114 valence electrons. The van der Waals surface area contributed by atoms with Crippen LogP contribution in [0.2, 0.25) is 0 Å². The third-order valence-corrected chi connectivity index (χ3v) is 4.50. The molecule has 0 fully saturated rings. The van der Waals surface area contributed by atoms with Crippen molar-refractivity contribution in [3.63, 3.8) is 0 Å². The van der Waals surface area contributed by atoms with E-state index in [-0.39, 0.29) is 0 Å². The zero-order valence-electron chi connectivity index (χ0n) is 12.8. The highest BCUT2D eigenvalue weighted by Gasteiger charge is 2.35. The van der Waals surface area contributed by atoms with Gasteiger partial charge in [0.25, 0.3) is 0 Å². The molecule has 1 rings (SSSR count). The number of hydrogen-bond donors (Lipinski definition) is 1. The van der Waals surface area contributed by atoms with Crippen LogP contribution in [0, 0.1) is 0 Å². The first-order valence-corrected chi connectivity index (χ1v) is 7.96. The summed E-state index contributed by atoms with van der Waals surface area (Å²) in [4.78, 5) is 0. The van der Waals surface area contributed by atoms with Gasteiger partial charge in [-0.3, -0.25) is 0 Å². The van der Waals surface area contributed by atoms with Gasteiger partial charge in [-0.05, 0) is 53.4 Å². The molecule has 0 bridgehead atoms. The molecule has 1 aromatic rings. The molecular weight excluding hydrogens is 320 g/mol. The van der Waals surface area contributed by atoms with E-state index in [1.54, 1.807) is 7.11 Å². The number of aliphatic hydroxyl groups excluding tert-OH is 1. The van der Waals surface area contributed by atoms with E-state index >= 15 is 0 Å². The molecule has 0 amide bonds. The molecule has 20 heavy (non-hydrogen) atoms. The van der Waals surface area contributed by atoms with E-state index in [0.717, 1.165) is 28.6 Å². The van der Waals surface area contributed by atoms with Crippen LogP contribution >= 0.6 is 15.9 Å². The van der Waals surface area contributed by atoms with Gasteiger partial charge in [-0.2, -0.15) is 0 Å². The Bertz CT molecular complexity index is 416. The smallest absolute Gasteiger partial charge is 0.133 e. The van der Waals surface area contributed by atoms with Gasteiger partial charge in [0.2, 0.25) is 0 Å². The first-order chi connectivity index (χ1) is 9.52. The molecule has 4 heteroatoms. The fourth-order valence-corrected chi connectivity index (χ4v) is 3.14. The number of methoxy groups -OCH3 is 1. The van der Waals surface area contributed by atoms with Crippen molar-refractivity contribution in [2.75, 3.05) is 13.7 Å². The Balaban J connectivity index is 2.87. The van der Waals surface area contributed by atoms with E-state index in [1.165, 1.54) is 0 Å². The lowest BCUT2D eigenvalue weighted by Crippen LogP contribution is -2.45. The van der Waals surface area contributed by atoms with Crippen LogP contribution in [0.1, 0.15) is 39.2 Å². The van der Waals surface area contributed by atoms with Crippen molar-refractivity contribution < 1.29 is 14.6 Å². The maximum Gasteiger partial charge on any atom is 0.133 e. The largest absolute Gasteiger partial charge is 0.496 e. The van der Waals surface area contributed by atoms with E-state index in [2.05, 4.69) is 29.8 Å². The maximum atomic E-state index is 10.6. The lowest BCUT2D eigenvalue weighted by molar-refractivity contribution is -0.124. The molecule has 0 aliphatic rings. The number of rotatable bonds is 8. The first kappa shape index (κ1) is 17.5. The molecule has 0 heterocycles. The van der Waals surface area contributed by atoms with Crippen molar-refractivity contribution in [3.05, 3.63) is 28.2 Å². The number of aliphatic hydroxyl groups is 1. The third-order valence-electron chi connectivity index (χ3n) is 3.88. The summed E-state index contributed by atoms with van der Waals surface area (Å²) in [5.74, 6) is 0.797. The van der Waals surface area contributed by atoms with Crippen molar-refractivity contribution >= 4 is 15.9 Å². The predicted octanol–water partition coefficient (Wildman–Crippen LogP) is 3.96. The standard InChI is InChI=1S/C16H25BrO3/c1-5-16(6-2,20-7-3)15(18)11-12-8-9-14(19-4)13(17)10-12/h8-10,15,18H,5-7,11H2,1-4H3. The van der Waals surface area contributed by atoms with E-state index in [9.17, 15) is 5.11 Å². The Morgan fingerprint density at radius 3 is 2.35 bits per heavy atom. The van der Waals surface area contributed by atoms with E-state index in [0.29, 0.717) is 13.0 Å². The van der Waals surface area contributed by atoms with Gasteiger partial charge in [-0.1, -0.05) is 19.9 Å². The Labute approximate surface area is 130 Å². The van der Waals surface area contributed by atoms with Gasteiger partial charge in [0.1, 0.15) is 5.75 Å². The maximum absolute atomic E-state index is 10.6. The van der Waals surface area contributed by atoms with Crippen LogP contribution in [0.25, 0.3) is 0 Å². The summed E-state index contributed by atoms with van der Waals surface area (Å²) in [7, 11) is 1.64. The van der Waals surface area contributed by atoms with Crippen molar-refractivity contribution in [3.8, 4) is 5.75 Å².